The predicted molar refractivity (Wildman–Crippen MR) is 105 cm³/mol. The minimum Gasteiger partial charge on any atom is -0.489 e. The maximum absolute atomic E-state index is 13.2. The molecule has 1 amide bonds. The zero-order valence-corrected chi connectivity index (χ0v) is 15.5. The van der Waals surface area contributed by atoms with Crippen LogP contribution in [-0.4, -0.2) is 5.91 Å². The van der Waals surface area contributed by atoms with E-state index in [1.807, 2.05) is 0 Å². The van der Waals surface area contributed by atoms with E-state index in [1.54, 1.807) is 42.5 Å². The molecule has 0 aromatic heterocycles. The number of hydrogen-bond donors (Lipinski definition) is 1. The van der Waals surface area contributed by atoms with Crippen LogP contribution in [0.25, 0.3) is 11.6 Å². The fraction of sp³-hybridized carbons (Fsp3) is 0.0870. The van der Waals surface area contributed by atoms with E-state index in [1.165, 1.54) is 18.2 Å². The van der Waals surface area contributed by atoms with Crippen LogP contribution in [-0.2, 0) is 17.6 Å². The molecule has 1 aliphatic rings. The summed E-state index contributed by atoms with van der Waals surface area (Å²) in [5, 5.41) is 2.47. The van der Waals surface area contributed by atoms with Gasteiger partial charge in [0.1, 0.15) is 18.2 Å². The van der Waals surface area contributed by atoms with Gasteiger partial charge in [0.25, 0.3) is 5.91 Å². The number of fused-ring (bicyclic) bond motifs is 1. The lowest BCUT2D eigenvalue weighted by molar-refractivity contribution is -0.137. The van der Waals surface area contributed by atoms with Gasteiger partial charge in [-0.3, -0.25) is 4.79 Å². The summed E-state index contributed by atoms with van der Waals surface area (Å²) in [4.78, 5) is 12.2. The van der Waals surface area contributed by atoms with Crippen molar-refractivity contribution >= 4 is 23.2 Å². The second-order valence-electron chi connectivity index (χ2n) is 6.76. The third-order valence-corrected chi connectivity index (χ3v) is 4.62. The Kier molecular flexibility index (Phi) is 5.03. The second-order valence-corrected chi connectivity index (χ2v) is 6.76. The van der Waals surface area contributed by atoms with Gasteiger partial charge in [0, 0.05) is 16.8 Å². The van der Waals surface area contributed by atoms with Crippen molar-refractivity contribution in [2.24, 2.45) is 0 Å². The highest BCUT2D eigenvalue weighted by atomic mass is 19.4. The quantitative estimate of drug-likeness (QED) is 0.426. The van der Waals surface area contributed by atoms with Crippen LogP contribution in [0.15, 0.2) is 66.7 Å². The molecule has 0 spiro atoms. The molecule has 3 aromatic rings. The Morgan fingerprint density at radius 2 is 1.73 bits per heavy atom. The molecular formula is C23H15F4NO2. The fourth-order valence-electron chi connectivity index (χ4n) is 3.13. The van der Waals surface area contributed by atoms with Crippen molar-refractivity contribution in [3.8, 4) is 5.75 Å². The number of alkyl halides is 3. The number of nitrogens with one attached hydrogen (secondary N) is 1. The Bertz CT molecular complexity index is 1130. The van der Waals surface area contributed by atoms with Crippen LogP contribution in [0.5, 0.6) is 5.75 Å². The number of halogens is 4. The molecule has 30 heavy (non-hydrogen) atoms. The molecule has 0 saturated carbocycles. The van der Waals surface area contributed by atoms with E-state index in [4.69, 9.17) is 4.74 Å². The highest BCUT2D eigenvalue weighted by molar-refractivity contribution is 6.34. The summed E-state index contributed by atoms with van der Waals surface area (Å²) in [5.41, 5.74) is 1.40. The lowest BCUT2D eigenvalue weighted by Gasteiger charge is -2.08. The van der Waals surface area contributed by atoms with Crippen LogP contribution in [0.1, 0.15) is 22.3 Å². The average molecular weight is 413 g/mol. The fourth-order valence-corrected chi connectivity index (χ4v) is 3.13. The molecule has 1 aliphatic heterocycles. The Morgan fingerprint density at radius 3 is 2.43 bits per heavy atom. The Balaban J connectivity index is 1.51. The van der Waals surface area contributed by atoms with Crippen molar-refractivity contribution in [2.45, 2.75) is 12.8 Å². The highest BCUT2D eigenvalue weighted by Gasteiger charge is 2.33. The van der Waals surface area contributed by atoms with Gasteiger partial charge in [-0.05, 0) is 53.6 Å². The summed E-state index contributed by atoms with van der Waals surface area (Å²) in [5.74, 6) is -0.237. The van der Waals surface area contributed by atoms with Crippen molar-refractivity contribution in [1.29, 1.82) is 0 Å². The van der Waals surface area contributed by atoms with Crippen LogP contribution in [0.3, 0.4) is 0 Å². The molecule has 0 bridgehead atoms. The molecule has 0 fully saturated rings. The number of carbonyl (C=O) groups excluding carboxylic acids is 1. The normalized spacial score (nSPS) is 14.5. The van der Waals surface area contributed by atoms with Crippen LogP contribution in [0.4, 0.5) is 23.2 Å². The first-order valence-corrected chi connectivity index (χ1v) is 9.01. The number of anilines is 1. The number of rotatable bonds is 4. The third kappa shape index (κ3) is 4.20. The van der Waals surface area contributed by atoms with E-state index in [2.05, 4.69) is 5.32 Å². The molecule has 0 aliphatic carbocycles. The van der Waals surface area contributed by atoms with Crippen LogP contribution in [0.2, 0.25) is 0 Å². The minimum atomic E-state index is -4.48. The van der Waals surface area contributed by atoms with E-state index in [0.29, 0.717) is 22.4 Å². The molecule has 1 N–H and O–H groups in total. The summed E-state index contributed by atoms with van der Waals surface area (Å²) in [6.45, 7) is 0.204. The van der Waals surface area contributed by atoms with Gasteiger partial charge in [-0.1, -0.05) is 30.3 Å². The number of hydrogen-bond acceptors (Lipinski definition) is 2. The lowest BCUT2D eigenvalue weighted by Crippen LogP contribution is -2.06. The van der Waals surface area contributed by atoms with Gasteiger partial charge in [0.2, 0.25) is 0 Å². The Labute approximate surface area is 169 Å². The summed E-state index contributed by atoms with van der Waals surface area (Å²) >= 11 is 0. The van der Waals surface area contributed by atoms with E-state index >= 15 is 0 Å². The number of benzene rings is 3. The summed E-state index contributed by atoms with van der Waals surface area (Å²) in [6.07, 6.45) is -2.88. The van der Waals surface area contributed by atoms with Gasteiger partial charge in [0.15, 0.2) is 0 Å². The number of amides is 1. The molecule has 3 nitrogen and oxygen atoms in total. The highest BCUT2D eigenvalue weighted by Crippen LogP contribution is 2.38. The zero-order chi connectivity index (χ0) is 21.3. The number of carbonyl (C=O) groups is 1. The summed E-state index contributed by atoms with van der Waals surface area (Å²) < 4.78 is 57.4. The van der Waals surface area contributed by atoms with Crippen molar-refractivity contribution in [3.63, 3.8) is 0 Å². The third-order valence-electron chi connectivity index (χ3n) is 4.62. The molecule has 1 heterocycles. The first-order chi connectivity index (χ1) is 14.3. The van der Waals surface area contributed by atoms with Gasteiger partial charge in [-0.25, -0.2) is 4.39 Å². The maximum atomic E-state index is 13.2. The van der Waals surface area contributed by atoms with Gasteiger partial charge < -0.3 is 10.1 Å². The largest absolute Gasteiger partial charge is 0.489 e. The molecule has 0 radical (unpaired) electrons. The van der Waals surface area contributed by atoms with Crippen LogP contribution < -0.4 is 10.1 Å². The van der Waals surface area contributed by atoms with E-state index in [9.17, 15) is 22.4 Å². The Hall–Kier alpha value is -3.61. The minimum absolute atomic E-state index is 0.135. The molecule has 0 saturated heterocycles. The van der Waals surface area contributed by atoms with Crippen molar-refractivity contribution in [1.82, 2.24) is 0 Å². The molecule has 0 atom stereocenters. The average Bonchev–Trinajstić information content (AvgIpc) is 3.01. The van der Waals surface area contributed by atoms with Crippen molar-refractivity contribution in [3.05, 3.63) is 94.8 Å². The van der Waals surface area contributed by atoms with Gasteiger partial charge in [-0.15, -0.1) is 0 Å². The summed E-state index contributed by atoms with van der Waals surface area (Å²) in [7, 11) is 0. The van der Waals surface area contributed by atoms with E-state index in [0.717, 1.165) is 12.1 Å². The molecule has 152 valence electrons. The van der Waals surface area contributed by atoms with Crippen molar-refractivity contribution in [2.75, 3.05) is 5.32 Å². The second kappa shape index (κ2) is 7.67. The van der Waals surface area contributed by atoms with Gasteiger partial charge >= 0.3 is 6.18 Å². The topological polar surface area (TPSA) is 38.3 Å². The molecule has 4 rings (SSSR count). The smallest absolute Gasteiger partial charge is 0.416 e. The molecule has 3 aromatic carbocycles. The maximum Gasteiger partial charge on any atom is 0.416 e. The first kappa shape index (κ1) is 19.7. The molecule has 7 heteroatoms. The Morgan fingerprint density at radius 1 is 0.967 bits per heavy atom. The van der Waals surface area contributed by atoms with Crippen molar-refractivity contribution < 1.29 is 27.1 Å². The van der Waals surface area contributed by atoms with E-state index < -0.39 is 17.6 Å². The SMILES string of the molecule is O=C1Nc2cc(C(F)(F)F)ccc2/C1=C\c1ccc(OCc2cccc(F)c2)cc1. The van der Waals surface area contributed by atoms with E-state index in [-0.39, 0.29) is 23.7 Å². The lowest BCUT2D eigenvalue weighted by atomic mass is 10.0. The molecular weight excluding hydrogens is 398 g/mol. The van der Waals surface area contributed by atoms with Gasteiger partial charge in [0.05, 0.1) is 5.56 Å². The van der Waals surface area contributed by atoms with Crippen LogP contribution in [0, 0.1) is 5.82 Å². The monoisotopic (exact) mass is 413 g/mol. The number of ether oxygens (including phenoxy) is 1. The van der Waals surface area contributed by atoms with Gasteiger partial charge in [-0.2, -0.15) is 13.2 Å². The standard InChI is InChI=1S/C23H15F4NO2/c24-17-3-1-2-15(10-17)13-30-18-7-4-14(5-8-18)11-20-19-9-6-16(23(25,26)27)12-21(19)28-22(20)29/h1-12H,13H2,(H,28,29)/b20-11+. The zero-order valence-electron chi connectivity index (χ0n) is 15.5. The molecule has 0 unspecified atom stereocenters. The van der Waals surface area contributed by atoms with Crippen LogP contribution >= 0.6 is 0 Å². The predicted octanol–water partition coefficient (Wildman–Crippen LogP) is 5.92. The first-order valence-electron chi connectivity index (χ1n) is 9.01. The summed E-state index contributed by atoms with van der Waals surface area (Å²) in [6, 6.07) is 16.1.